The molecule has 0 bridgehead atoms. The number of hydrogen-bond acceptors (Lipinski definition) is 5. The van der Waals surface area contributed by atoms with E-state index in [1.54, 1.807) is 23.1 Å². The van der Waals surface area contributed by atoms with Gasteiger partial charge in [0.25, 0.3) is 0 Å². The molecule has 2 aromatic rings. The molecule has 1 amide bonds. The van der Waals surface area contributed by atoms with Gasteiger partial charge in [-0.25, -0.2) is 4.79 Å². The summed E-state index contributed by atoms with van der Waals surface area (Å²) in [5, 5.41) is 22.5. The summed E-state index contributed by atoms with van der Waals surface area (Å²) in [6, 6.07) is 10.3. The highest BCUT2D eigenvalue weighted by Crippen LogP contribution is 2.37. The first kappa shape index (κ1) is 17.3. The molecule has 0 aliphatic carbocycles. The summed E-state index contributed by atoms with van der Waals surface area (Å²) >= 11 is 0. The highest BCUT2D eigenvalue weighted by Gasteiger charge is 2.42. The number of amides is 1. The Balaban J connectivity index is 2.28. The molecule has 1 saturated heterocycles. The molecule has 7 nitrogen and oxygen atoms in total. The predicted molar refractivity (Wildman–Crippen MR) is 91.0 cm³/mol. The van der Waals surface area contributed by atoms with Crippen LogP contribution in [0, 0.1) is 0 Å². The SMILES string of the molecule is NC(=O)CC(O)(c1c(C(=O)O)ccc2ccccc12)N1CCOCC1. The summed E-state index contributed by atoms with van der Waals surface area (Å²) in [6.07, 6.45) is -0.402. The van der Waals surface area contributed by atoms with Crippen LogP contribution in [0.5, 0.6) is 0 Å². The van der Waals surface area contributed by atoms with Crippen LogP contribution in [0.2, 0.25) is 0 Å². The highest BCUT2D eigenvalue weighted by molar-refractivity contribution is 5.99. The van der Waals surface area contributed by atoms with Gasteiger partial charge in [-0.2, -0.15) is 0 Å². The Morgan fingerprint density at radius 3 is 2.48 bits per heavy atom. The van der Waals surface area contributed by atoms with Gasteiger partial charge in [0.1, 0.15) is 0 Å². The first-order chi connectivity index (χ1) is 11.9. The van der Waals surface area contributed by atoms with Crippen LogP contribution in [-0.4, -0.2) is 53.3 Å². The van der Waals surface area contributed by atoms with Gasteiger partial charge in [-0.15, -0.1) is 0 Å². The van der Waals surface area contributed by atoms with Gasteiger partial charge in [-0.1, -0.05) is 30.3 Å². The minimum absolute atomic E-state index is 0.0473. The van der Waals surface area contributed by atoms with Crippen molar-refractivity contribution in [2.45, 2.75) is 12.1 Å². The maximum atomic E-state index is 11.8. The Morgan fingerprint density at radius 2 is 1.84 bits per heavy atom. The van der Waals surface area contributed by atoms with E-state index in [1.165, 1.54) is 6.07 Å². The number of carboxylic acids is 1. The summed E-state index contributed by atoms with van der Waals surface area (Å²) in [5.74, 6) is -1.88. The third kappa shape index (κ3) is 3.21. The summed E-state index contributed by atoms with van der Waals surface area (Å²) < 4.78 is 5.32. The Kier molecular flexibility index (Phi) is 4.71. The second kappa shape index (κ2) is 6.79. The van der Waals surface area contributed by atoms with Gasteiger partial charge in [-0.05, 0) is 16.8 Å². The molecule has 0 spiro atoms. The number of fused-ring (bicyclic) bond motifs is 1. The van der Waals surface area contributed by atoms with E-state index >= 15 is 0 Å². The molecule has 1 aliphatic heterocycles. The average Bonchev–Trinajstić information content (AvgIpc) is 2.60. The van der Waals surface area contributed by atoms with Crippen LogP contribution < -0.4 is 5.73 Å². The first-order valence-corrected chi connectivity index (χ1v) is 8.02. The van der Waals surface area contributed by atoms with E-state index in [1.807, 2.05) is 12.1 Å². The van der Waals surface area contributed by atoms with Crippen LogP contribution in [0.4, 0.5) is 0 Å². The Morgan fingerprint density at radius 1 is 1.16 bits per heavy atom. The number of benzene rings is 2. The van der Waals surface area contributed by atoms with Crippen LogP contribution in [0.25, 0.3) is 10.8 Å². The number of ether oxygens (including phenoxy) is 1. The molecular weight excluding hydrogens is 324 g/mol. The molecule has 3 rings (SSSR count). The number of nitrogens with zero attached hydrogens (tertiary/aromatic N) is 1. The monoisotopic (exact) mass is 344 g/mol. The van der Waals surface area contributed by atoms with E-state index in [2.05, 4.69) is 0 Å². The van der Waals surface area contributed by atoms with E-state index in [-0.39, 0.29) is 11.1 Å². The lowest BCUT2D eigenvalue weighted by atomic mass is 9.87. The molecule has 132 valence electrons. The number of aromatic carboxylic acids is 1. The normalized spacial score (nSPS) is 18.0. The van der Waals surface area contributed by atoms with Crippen molar-refractivity contribution < 1.29 is 24.5 Å². The average molecular weight is 344 g/mol. The molecule has 0 radical (unpaired) electrons. The van der Waals surface area contributed by atoms with Crippen LogP contribution in [0.3, 0.4) is 0 Å². The van der Waals surface area contributed by atoms with Crippen molar-refractivity contribution in [3.63, 3.8) is 0 Å². The molecule has 4 N–H and O–H groups in total. The fraction of sp³-hybridized carbons (Fsp3) is 0.333. The van der Waals surface area contributed by atoms with E-state index in [4.69, 9.17) is 10.5 Å². The lowest BCUT2D eigenvalue weighted by Gasteiger charge is -2.42. The molecular formula is C18H20N2O5. The van der Waals surface area contributed by atoms with Gasteiger partial charge >= 0.3 is 5.97 Å². The predicted octanol–water partition coefficient (Wildman–Crippen LogP) is 0.891. The molecule has 0 aromatic heterocycles. The highest BCUT2D eigenvalue weighted by atomic mass is 16.5. The minimum atomic E-state index is -1.82. The number of rotatable bonds is 5. The zero-order valence-electron chi connectivity index (χ0n) is 13.6. The second-order valence-electron chi connectivity index (χ2n) is 6.07. The number of nitrogens with two attached hydrogens (primary N) is 1. The van der Waals surface area contributed by atoms with Crippen LogP contribution in [0.1, 0.15) is 22.3 Å². The van der Waals surface area contributed by atoms with Crippen molar-refractivity contribution >= 4 is 22.6 Å². The zero-order chi connectivity index (χ0) is 18.0. The van der Waals surface area contributed by atoms with Gasteiger partial charge in [0.15, 0.2) is 5.72 Å². The van der Waals surface area contributed by atoms with Crippen molar-refractivity contribution in [3.8, 4) is 0 Å². The summed E-state index contributed by atoms with van der Waals surface area (Å²) in [6.45, 7) is 1.50. The van der Waals surface area contributed by atoms with Crippen molar-refractivity contribution in [3.05, 3.63) is 47.5 Å². The van der Waals surface area contributed by atoms with Crippen LogP contribution in [0.15, 0.2) is 36.4 Å². The topological polar surface area (TPSA) is 113 Å². The smallest absolute Gasteiger partial charge is 0.336 e. The number of morpholine rings is 1. The quantitative estimate of drug-likeness (QED) is 0.742. The molecule has 25 heavy (non-hydrogen) atoms. The zero-order valence-corrected chi connectivity index (χ0v) is 13.6. The van der Waals surface area contributed by atoms with Crippen LogP contribution in [-0.2, 0) is 15.3 Å². The molecule has 1 atom stereocenters. The van der Waals surface area contributed by atoms with Gasteiger partial charge in [0, 0.05) is 18.7 Å². The maximum Gasteiger partial charge on any atom is 0.336 e. The fourth-order valence-corrected chi connectivity index (χ4v) is 3.42. The molecule has 2 aromatic carbocycles. The largest absolute Gasteiger partial charge is 0.478 e. The summed E-state index contributed by atoms with van der Waals surface area (Å²) in [7, 11) is 0. The molecule has 1 heterocycles. The van der Waals surface area contributed by atoms with E-state index in [0.29, 0.717) is 31.7 Å². The van der Waals surface area contributed by atoms with Crippen molar-refractivity contribution in [1.82, 2.24) is 4.90 Å². The lowest BCUT2D eigenvalue weighted by molar-refractivity contribution is -0.160. The number of carbonyl (C=O) groups is 2. The standard InChI is InChI=1S/C18H20N2O5/c19-15(21)11-18(24,20-7-9-25-10-8-20)16-13-4-2-1-3-12(13)5-6-14(16)17(22)23/h1-6,24H,7-11H2,(H2,19,21)(H,22,23). The van der Waals surface area contributed by atoms with Crippen molar-refractivity contribution in [1.29, 1.82) is 0 Å². The van der Waals surface area contributed by atoms with Gasteiger partial charge < -0.3 is 20.7 Å². The van der Waals surface area contributed by atoms with E-state index in [0.717, 1.165) is 5.39 Å². The number of hydrogen-bond donors (Lipinski definition) is 3. The fourth-order valence-electron chi connectivity index (χ4n) is 3.42. The number of carbonyl (C=O) groups excluding carboxylic acids is 1. The van der Waals surface area contributed by atoms with Gasteiger partial charge in [-0.3, -0.25) is 9.69 Å². The lowest BCUT2D eigenvalue weighted by Crippen LogP contribution is -2.53. The number of primary amides is 1. The van der Waals surface area contributed by atoms with Gasteiger partial charge in [0.05, 0.1) is 25.2 Å². The van der Waals surface area contributed by atoms with E-state index < -0.39 is 24.0 Å². The number of carboxylic acid groups (broad SMARTS) is 1. The molecule has 0 saturated carbocycles. The molecule has 1 aliphatic rings. The third-order valence-corrected chi connectivity index (χ3v) is 4.51. The first-order valence-electron chi connectivity index (χ1n) is 8.02. The second-order valence-corrected chi connectivity index (χ2v) is 6.07. The molecule has 1 fully saturated rings. The Hall–Kier alpha value is -2.48. The van der Waals surface area contributed by atoms with E-state index in [9.17, 15) is 19.8 Å². The van der Waals surface area contributed by atoms with Gasteiger partial charge in [0.2, 0.25) is 5.91 Å². The molecule has 1 unspecified atom stereocenters. The minimum Gasteiger partial charge on any atom is -0.478 e. The summed E-state index contributed by atoms with van der Waals surface area (Å²) in [5.41, 5.74) is 3.72. The van der Waals surface area contributed by atoms with Crippen molar-refractivity contribution in [2.75, 3.05) is 26.3 Å². The van der Waals surface area contributed by atoms with Crippen LogP contribution >= 0.6 is 0 Å². The third-order valence-electron chi connectivity index (χ3n) is 4.51. The van der Waals surface area contributed by atoms with Crippen molar-refractivity contribution in [2.24, 2.45) is 5.73 Å². The molecule has 7 heteroatoms. The number of aliphatic hydroxyl groups is 1. The Bertz CT molecular complexity index is 816. The Labute approximate surface area is 144 Å². The summed E-state index contributed by atoms with van der Waals surface area (Å²) in [4.78, 5) is 25.2. The maximum absolute atomic E-state index is 11.8.